The summed E-state index contributed by atoms with van der Waals surface area (Å²) in [5.74, 6) is -0.128. The van der Waals surface area contributed by atoms with Gasteiger partial charge in [-0.2, -0.15) is 0 Å². The Morgan fingerprint density at radius 2 is 2.10 bits per heavy atom. The summed E-state index contributed by atoms with van der Waals surface area (Å²) in [5, 5.41) is 3.26. The number of carbonyl (C=O) groups excluding carboxylic acids is 1. The number of fused-ring (bicyclic) bond motifs is 1. The summed E-state index contributed by atoms with van der Waals surface area (Å²) in [5.41, 5.74) is 2.21. The maximum atomic E-state index is 12.3. The topological polar surface area (TPSA) is 66.5 Å². The molecule has 6 heteroatoms. The van der Waals surface area contributed by atoms with Crippen LogP contribution in [-0.2, 0) is 21.1 Å². The lowest BCUT2D eigenvalue weighted by Gasteiger charge is -2.28. The van der Waals surface area contributed by atoms with Crippen LogP contribution in [0.2, 0.25) is 0 Å². The van der Waals surface area contributed by atoms with Gasteiger partial charge in [0.05, 0.1) is 11.7 Å². The molecule has 0 saturated heterocycles. The van der Waals surface area contributed by atoms with Gasteiger partial charge in [-0.15, -0.1) is 0 Å². The minimum Gasteiger partial charge on any atom is -0.384 e. The lowest BCUT2D eigenvalue weighted by Crippen LogP contribution is -2.41. The minimum atomic E-state index is -3.04. The largest absolute Gasteiger partial charge is 0.384 e. The van der Waals surface area contributed by atoms with Crippen LogP contribution in [0.25, 0.3) is 0 Å². The van der Waals surface area contributed by atoms with E-state index in [1.165, 1.54) is 11.2 Å². The Morgan fingerprint density at radius 3 is 2.80 bits per heavy atom. The molecule has 1 aliphatic heterocycles. The molecule has 1 aromatic carbocycles. The third-order valence-corrected chi connectivity index (χ3v) is 4.47. The smallest absolute Gasteiger partial charge is 0.227 e. The second-order valence-corrected chi connectivity index (χ2v) is 7.59. The normalized spacial score (nSPS) is 18.0. The van der Waals surface area contributed by atoms with Crippen molar-refractivity contribution in [1.29, 1.82) is 0 Å². The molecule has 1 heterocycles. The first-order chi connectivity index (χ1) is 9.37. The highest BCUT2D eigenvalue weighted by atomic mass is 32.2. The van der Waals surface area contributed by atoms with Crippen molar-refractivity contribution in [2.75, 3.05) is 37.5 Å². The number of hydrogen-bond acceptors (Lipinski definition) is 4. The Morgan fingerprint density at radius 1 is 1.40 bits per heavy atom. The molecule has 5 nitrogen and oxygen atoms in total. The quantitative estimate of drug-likeness (QED) is 0.891. The summed E-state index contributed by atoms with van der Waals surface area (Å²) in [7, 11) is -1.38. The monoisotopic (exact) mass is 296 g/mol. The highest BCUT2D eigenvalue weighted by molar-refractivity contribution is 7.90. The van der Waals surface area contributed by atoms with E-state index in [2.05, 4.69) is 5.32 Å². The lowest BCUT2D eigenvalue weighted by molar-refractivity contribution is -0.133. The predicted octanol–water partition coefficient (Wildman–Crippen LogP) is 0.774. The number of benzene rings is 1. The molecular formula is C14H20N2O3S. The van der Waals surface area contributed by atoms with Gasteiger partial charge in [-0.3, -0.25) is 4.79 Å². The number of amides is 1. The number of nitrogens with one attached hydrogen (secondary N) is 1. The Bertz CT molecular complexity index is 598. The maximum Gasteiger partial charge on any atom is 0.227 e. The molecule has 1 unspecified atom stereocenters. The number of rotatable bonds is 4. The third kappa shape index (κ3) is 3.72. The van der Waals surface area contributed by atoms with E-state index in [9.17, 15) is 13.2 Å². The van der Waals surface area contributed by atoms with Crippen molar-refractivity contribution in [3.63, 3.8) is 0 Å². The Balaban J connectivity index is 1.97. The van der Waals surface area contributed by atoms with E-state index in [1.54, 1.807) is 7.05 Å². The fourth-order valence-corrected chi connectivity index (χ4v) is 2.95. The van der Waals surface area contributed by atoms with Crippen LogP contribution in [0.4, 0.5) is 5.69 Å². The first-order valence-electron chi connectivity index (χ1n) is 6.61. The molecule has 1 atom stereocenters. The van der Waals surface area contributed by atoms with Crippen molar-refractivity contribution in [3.05, 3.63) is 29.8 Å². The number of anilines is 1. The van der Waals surface area contributed by atoms with E-state index < -0.39 is 9.84 Å². The molecule has 1 aromatic rings. The molecule has 0 bridgehead atoms. The first-order valence-corrected chi connectivity index (χ1v) is 8.67. The average molecular weight is 296 g/mol. The van der Waals surface area contributed by atoms with Crippen LogP contribution in [0.1, 0.15) is 5.56 Å². The number of sulfone groups is 1. The molecule has 0 saturated carbocycles. The molecule has 0 aromatic heterocycles. The van der Waals surface area contributed by atoms with Gasteiger partial charge in [0.15, 0.2) is 0 Å². The van der Waals surface area contributed by atoms with E-state index in [-0.39, 0.29) is 24.1 Å². The van der Waals surface area contributed by atoms with Crippen LogP contribution in [0, 0.1) is 5.92 Å². The van der Waals surface area contributed by atoms with Crippen molar-refractivity contribution in [2.45, 2.75) is 6.42 Å². The highest BCUT2D eigenvalue weighted by Gasteiger charge is 2.26. The van der Waals surface area contributed by atoms with Crippen molar-refractivity contribution in [1.82, 2.24) is 4.90 Å². The second kappa shape index (κ2) is 5.83. The Hall–Kier alpha value is -1.56. The number of carbonyl (C=O) groups is 1. The molecule has 0 fully saturated rings. The minimum absolute atomic E-state index is 0.00402. The molecule has 2 rings (SSSR count). The van der Waals surface area contributed by atoms with Gasteiger partial charge >= 0.3 is 0 Å². The molecule has 0 radical (unpaired) electrons. The third-order valence-electron chi connectivity index (χ3n) is 3.55. The molecular weight excluding hydrogens is 276 g/mol. The van der Waals surface area contributed by atoms with Crippen LogP contribution in [0.15, 0.2) is 24.3 Å². The standard InChI is InChI=1S/C14H20N2O3S/c1-16(7-8-20(2,18)19)14(17)12-9-11-5-3-4-6-13(11)15-10-12/h3-6,12,15H,7-10H2,1-2H3. The van der Waals surface area contributed by atoms with Gasteiger partial charge in [0.1, 0.15) is 9.84 Å². The van der Waals surface area contributed by atoms with Gasteiger partial charge in [0.25, 0.3) is 0 Å². The van der Waals surface area contributed by atoms with Crippen LogP contribution in [0.5, 0.6) is 0 Å². The van der Waals surface area contributed by atoms with Crippen molar-refractivity contribution >= 4 is 21.4 Å². The lowest BCUT2D eigenvalue weighted by atomic mass is 9.93. The summed E-state index contributed by atoms with van der Waals surface area (Å²) in [6, 6.07) is 7.94. The first kappa shape index (κ1) is 14.8. The molecule has 0 spiro atoms. The van der Waals surface area contributed by atoms with Crippen molar-refractivity contribution in [2.24, 2.45) is 5.92 Å². The zero-order valence-electron chi connectivity index (χ0n) is 11.8. The number of hydrogen-bond donors (Lipinski definition) is 1. The van der Waals surface area contributed by atoms with Crippen LogP contribution in [-0.4, -0.2) is 51.4 Å². The number of nitrogens with zero attached hydrogens (tertiary/aromatic N) is 1. The maximum absolute atomic E-state index is 12.3. The van der Waals surface area contributed by atoms with Crippen molar-refractivity contribution < 1.29 is 13.2 Å². The SMILES string of the molecule is CN(CCS(C)(=O)=O)C(=O)C1CNc2ccccc2C1. The summed E-state index contributed by atoms with van der Waals surface area (Å²) in [6.45, 7) is 0.842. The van der Waals surface area contributed by atoms with E-state index in [1.807, 2.05) is 24.3 Å². The fourth-order valence-electron chi connectivity index (χ4n) is 2.34. The molecule has 110 valence electrons. The second-order valence-electron chi connectivity index (χ2n) is 5.33. The van der Waals surface area contributed by atoms with Crippen LogP contribution >= 0.6 is 0 Å². The van der Waals surface area contributed by atoms with E-state index in [4.69, 9.17) is 0 Å². The summed E-state index contributed by atoms with van der Waals surface area (Å²) >= 11 is 0. The van der Waals surface area contributed by atoms with Gasteiger partial charge in [0, 0.05) is 32.1 Å². The van der Waals surface area contributed by atoms with Gasteiger partial charge in [-0.05, 0) is 18.1 Å². The Kier molecular flexibility index (Phi) is 4.32. The van der Waals surface area contributed by atoms with E-state index in [0.717, 1.165) is 11.3 Å². The van der Waals surface area contributed by atoms with E-state index >= 15 is 0 Å². The van der Waals surface area contributed by atoms with Gasteiger partial charge < -0.3 is 10.2 Å². The molecule has 20 heavy (non-hydrogen) atoms. The molecule has 0 aliphatic carbocycles. The fraction of sp³-hybridized carbons (Fsp3) is 0.500. The summed E-state index contributed by atoms with van der Waals surface area (Å²) in [6.07, 6.45) is 1.88. The molecule has 1 N–H and O–H groups in total. The number of para-hydroxylation sites is 1. The average Bonchev–Trinajstić information content (AvgIpc) is 2.42. The van der Waals surface area contributed by atoms with Crippen molar-refractivity contribution in [3.8, 4) is 0 Å². The van der Waals surface area contributed by atoms with Gasteiger partial charge in [0.2, 0.25) is 5.91 Å². The van der Waals surface area contributed by atoms with Gasteiger partial charge in [-0.1, -0.05) is 18.2 Å². The van der Waals surface area contributed by atoms with E-state index in [0.29, 0.717) is 13.0 Å². The summed E-state index contributed by atoms with van der Waals surface area (Å²) < 4.78 is 22.3. The zero-order chi connectivity index (χ0) is 14.8. The highest BCUT2D eigenvalue weighted by Crippen LogP contribution is 2.25. The van der Waals surface area contributed by atoms with Crippen LogP contribution < -0.4 is 5.32 Å². The zero-order valence-corrected chi connectivity index (χ0v) is 12.6. The molecule has 1 aliphatic rings. The molecule has 1 amide bonds. The van der Waals surface area contributed by atoms with Gasteiger partial charge in [-0.25, -0.2) is 8.42 Å². The van der Waals surface area contributed by atoms with Crippen LogP contribution in [0.3, 0.4) is 0 Å². The Labute approximate surface area is 119 Å². The summed E-state index contributed by atoms with van der Waals surface area (Å²) in [4.78, 5) is 13.8. The predicted molar refractivity (Wildman–Crippen MR) is 79.5 cm³/mol.